The van der Waals surface area contributed by atoms with Gasteiger partial charge in [0.2, 0.25) is 0 Å². The molecule has 0 spiro atoms. The van der Waals surface area contributed by atoms with Crippen LogP contribution in [0.4, 0.5) is 5.69 Å². The van der Waals surface area contributed by atoms with Crippen LogP contribution in [0.1, 0.15) is 49.3 Å². The van der Waals surface area contributed by atoms with Gasteiger partial charge < -0.3 is 14.6 Å². The number of benzene rings is 2. The number of nitrogens with one attached hydrogen (secondary N) is 1. The molecule has 4 aromatic rings. The molecule has 2 aromatic carbocycles. The van der Waals surface area contributed by atoms with Crippen LogP contribution in [-0.4, -0.2) is 63.4 Å². The second kappa shape index (κ2) is 9.63. The number of aromatic amines is 1. The first kappa shape index (κ1) is 25.0. The third-order valence-electron chi connectivity index (χ3n) is 7.26. The molecule has 9 nitrogen and oxygen atoms in total. The summed E-state index contributed by atoms with van der Waals surface area (Å²) in [5, 5.41) is 13.9. The Labute approximate surface area is 217 Å². The van der Waals surface area contributed by atoms with Crippen molar-refractivity contribution in [1.82, 2.24) is 30.1 Å². The van der Waals surface area contributed by atoms with Crippen molar-refractivity contribution in [3.63, 3.8) is 0 Å². The number of pyridine rings is 1. The number of aromatic nitrogens is 5. The van der Waals surface area contributed by atoms with Crippen molar-refractivity contribution < 1.29 is 4.74 Å². The molecular formula is C28H35N7O2. The zero-order valence-corrected chi connectivity index (χ0v) is 22.4. The van der Waals surface area contributed by atoms with Crippen molar-refractivity contribution in [3.05, 3.63) is 75.3 Å². The SMILES string of the molecule is COc1ccc(N2CCN([C@@H](c3cc4c(C)ccc(C)c4[nH]c3=O)c3nnnn3C(C)(C)C)CC2)cc1. The van der Waals surface area contributed by atoms with Gasteiger partial charge in [-0.15, -0.1) is 5.10 Å². The number of hydrogen-bond donors (Lipinski definition) is 1. The summed E-state index contributed by atoms with van der Waals surface area (Å²) in [6.07, 6.45) is 0. The molecule has 0 radical (unpaired) electrons. The highest BCUT2D eigenvalue weighted by molar-refractivity contribution is 5.85. The zero-order valence-electron chi connectivity index (χ0n) is 22.4. The average Bonchev–Trinajstić information content (AvgIpc) is 3.38. The van der Waals surface area contributed by atoms with Crippen LogP contribution >= 0.6 is 0 Å². The molecule has 1 aliphatic heterocycles. The van der Waals surface area contributed by atoms with E-state index in [4.69, 9.17) is 4.74 Å². The van der Waals surface area contributed by atoms with Gasteiger partial charge in [0.05, 0.1) is 18.2 Å². The Balaban J connectivity index is 1.55. The van der Waals surface area contributed by atoms with Crippen LogP contribution < -0.4 is 15.2 Å². The van der Waals surface area contributed by atoms with Crippen LogP contribution in [0.5, 0.6) is 5.75 Å². The number of ether oxygens (including phenoxy) is 1. The number of methoxy groups -OCH3 is 1. The Morgan fingerprint density at radius 1 is 0.973 bits per heavy atom. The molecule has 0 saturated carbocycles. The van der Waals surface area contributed by atoms with Crippen molar-refractivity contribution in [2.24, 2.45) is 0 Å². The van der Waals surface area contributed by atoms with Gasteiger partial charge in [-0.05, 0) is 86.5 Å². The Morgan fingerprint density at radius 2 is 1.65 bits per heavy atom. The summed E-state index contributed by atoms with van der Waals surface area (Å²) in [5.41, 5.74) is 4.44. The van der Waals surface area contributed by atoms with Gasteiger partial charge >= 0.3 is 0 Å². The van der Waals surface area contributed by atoms with Gasteiger partial charge in [0.15, 0.2) is 5.82 Å². The molecule has 3 heterocycles. The van der Waals surface area contributed by atoms with Crippen LogP contribution in [0.2, 0.25) is 0 Å². The number of hydrogen-bond acceptors (Lipinski definition) is 7. The second-order valence-electron chi connectivity index (χ2n) is 10.8. The standard InChI is InChI=1S/C28H35N7O2/c1-18-7-8-19(2)24-22(18)17-23(27(36)29-24)25(26-30-31-32-35(26)28(3,4)5)34-15-13-33(14-16-34)20-9-11-21(37-6)12-10-20/h7-12,17,25H,13-16H2,1-6H3,(H,29,36)/t25-/m0/s1. The predicted octanol–water partition coefficient (Wildman–Crippen LogP) is 3.81. The minimum absolute atomic E-state index is 0.104. The number of piperazine rings is 1. The monoisotopic (exact) mass is 501 g/mol. The van der Waals surface area contributed by atoms with Crippen LogP contribution in [0.15, 0.2) is 47.3 Å². The van der Waals surface area contributed by atoms with Gasteiger partial charge in [-0.25, -0.2) is 4.68 Å². The molecule has 1 N–H and O–H groups in total. The highest BCUT2D eigenvalue weighted by Gasteiger charge is 2.35. The minimum Gasteiger partial charge on any atom is -0.497 e. The van der Waals surface area contributed by atoms with Crippen molar-refractivity contribution in [3.8, 4) is 5.75 Å². The number of rotatable bonds is 5. The number of nitrogens with zero attached hydrogens (tertiary/aromatic N) is 6. The van der Waals surface area contributed by atoms with E-state index >= 15 is 0 Å². The van der Waals surface area contributed by atoms with Crippen LogP contribution in [0, 0.1) is 13.8 Å². The Kier molecular flexibility index (Phi) is 6.49. The van der Waals surface area contributed by atoms with Crippen molar-refractivity contribution in [2.45, 2.75) is 46.2 Å². The molecule has 37 heavy (non-hydrogen) atoms. The fourth-order valence-electron chi connectivity index (χ4n) is 5.17. The summed E-state index contributed by atoms with van der Waals surface area (Å²) in [6, 6.07) is 14.0. The first-order chi connectivity index (χ1) is 17.7. The van der Waals surface area contributed by atoms with Crippen molar-refractivity contribution in [2.75, 3.05) is 38.2 Å². The molecule has 1 saturated heterocycles. The first-order valence-corrected chi connectivity index (χ1v) is 12.7. The number of tetrazole rings is 1. The highest BCUT2D eigenvalue weighted by atomic mass is 16.5. The maximum atomic E-state index is 13.6. The lowest BCUT2D eigenvalue weighted by Crippen LogP contribution is -2.49. The molecule has 5 rings (SSSR count). The molecular weight excluding hydrogens is 466 g/mol. The van der Waals surface area contributed by atoms with Gasteiger partial charge in [0.1, 0.15) is 11.8 Å². The lowest BCUT2D eigenvalue weighted by Gasteiger charge is -2.40. The first-order valence-electron chi connectivity index (χ1n) is 12.7. The topological polar surface area (TPSA) is 92.2 Å². The summed E-state index contributed by atoms with van der Waals surface area (Å²) >= 11 is 0. The molecule has 9 heteroatoms. The summed E-state index contributed by atoms with van der Waals surface area (Å²) in [7, 11) is 1.68. The molecule has 0 bridgehead atoms. The molecule has 1 atom stereocenters. The van der Waals surface area contributed by atoms with Crippen LogP contribution in [0.3, 0.4) is 0 Å². The number of aryl methyl sites for hydroxylation is 2. The van der Waals surface area contributed by atoms with Crippen molar-refractivity contribution >= 4 is 16.6 Å². The smallest absolute Gasteiger partial charge is 0.253 e. The van der Waals surface area contributed by atoms with E-state index in [1.807, 2.05) is 35.9 Å². The minimum atomic E-state index is -0.375. The van der Waals surface area contributed by atoms with Gasteiger partial charge in [-0.2, -0.15) is 0 Å². The number of fused-ring (bicyclic) bond motifs is 1. The third-order valence-corrected chi connectivity index (χ3v) is 7.26. The Bertz CT molecular complexity index is 1460. The van der Waals surface area contributed by atoms with Gasteiger partial charge in [0.25, 0.3) is 5.56 Å². The predicted molar refractivity (Wildman–Crippen MR) is 145 cm³/mol. The molecule has 1 fully saturated rings. The summed E-state index contributed by atoms with van der Waals surface area (Å²) < 4.78 is 7.16. The average molecular weight is 502 g/mol. The Morgan fingerprint density at radius 3 is 2.30 bits per heavy atom. The number of H-pyrrole nitrogens is 1. The summed E-state index contributed by atoms with van der Waals surface area (Å²) in [5.74, 6) is 1.53. The van der Waals surface area contributed by atoms with E-state index in [-0.39, 0.29) is 17.1 Å². The quantitative estimate of drug-likeness (QED) is 0.445. The molecule has 1 aliphatic rings. The van der Waals surface area contributed by atoms with E-state index in [0.29, 0.717) is 11.4 Å². The number of anilines is 1. The summed E-state index contributed by atoms with van der Waals surface area (Å²) in [6.45, 7) is 13.5. The van der Waals surface area contributed by atoms with Crippen LogP contribution in [0.25, 0.3) is 10.9 Å². The van der Waals surface area contributed by atoms with Crippen LogP contribution in [-0.2, 0) is 5.54 Å². The lowest BCUT2D eigenvalue weighted by atomic mass is 9.98. The molecule has 0 unspecified atom stereocenters. The van der Waals surface area contributed by atoms with Gasteiger partial charge in [-0.3, -0.25) is 9.69 Å². The van der Waals surface area contributed by atoms with Gasteiger partial charge in [-0.1, -0.05) is 12.1 Å². The molecule has 0 amide bonds. The van der Waals surface area contributed by atoms with E-state index in [2.05, 4.69) is 76.2 Å². The second-order valence-corrected chi connectivity index (χ2v) is 10.8. The molecule has 194 valence electrons. The maximum Gasteiger partial charge on any atom is 0.253 e. The van der Waals surface area contributed by atoms with E-state index in [0.717, 1.165) is 59.6 Å². The molecule has 0 aliphatic carbocycles. The van der Waals surface area contributed by atoms with Crippen molar-refractivity contribution in [1.29, 1.82) is 0 Å². The van der Waals surface area contributed by atoms with E-state index < -0.39 is 0 Å². The fraction of sp³-hybridized carbons (Fsp3) is 0.429. The zero-order chi connectivity index (χ0) is 26.3. The van der Waals surface area contributed by atoms with E-state index in [1.165, 1.54) is 0 Å². The normalized spacial score (nSPS) is 15.8. The largest absolute Gasteiger partial charge is 0.497 e. The lowest BCUT2D eigenvalue weighted by molar-refractivity contribution is 0.190. The van der Waals surface area contributed by atoms with E-state index in [1.54, 1.807) is 7.11 Å². The van der Waals surface area contributed by atoms with E-state index in [9.17, 15) is 4.79 Å². The maximum absolute atomic E-state index is 13.6. The highest BCUT2D eigenvalue weighted by Crippen LogP contribution is 2.32. The summed E-state index contributed by atoms with van der Waals surface area (Å²) in [4.78, 5) is 21.5. The molecule has 2 aromatic heterocycles. The fourth-order valence-corrected chi connectivity index (χ4v) is 5.17. The third kappa shape index (κ3) is 4.71. The van der Waals surface area contributed by atoms with Gasteiger partial charge in [0, 0.05) is 42.8 Å². The Hall–Kier alpha value is -3.72.